The van der Waals surface area contributed by atoms with Crippen LogP contribution < -0.4 is 11.1 Å². The van der Waals surface area contributed by atoms with Gasteiger partial charge in [-0.05, 0) is 12.0 Å². The minimum atomic E-state index is 0.323. The fraction of sp³-hybridized carbons (Fsp3) is 0.375. The Bertz CT molecular complexity index is 394. The Morgan fingerprint density at radius 2 is 2.47 bits per heavy atom. The van der Waals surface area contributed by atoms with Crippen LogP contribution in [0.3, 0.4) is 0 Å². The number of rotatable bonds is 4. The maximum absolute atomic E-state index is 5.40. The molecule has 0 aliphatic rings. The highest BCUT2D eigenvalue weighted by atomic mass is 32.1. The fourth-order valence-corrected chi connectivity index (χ4v) is 1.74. The van der Waals surface area contributed by atoms with Crippen molar-refractivity contribution in [2.45, 2.75) is 6.42 Å². The van der Waals surface area contributed by atoms with E-state index in [1.165, 1.54) is 17.1 Å². The summed E-state index contributed by atoms with van der Waals surface area (Å²) in [5, 5.41) is 8.00. The molecule has 0 aromatic carbocycles. The van der Waals surface area contributed by atoms with E-state index in [-0.39, 0.29) is 0 Å². The summed E-state index contributed by atoms with van der Waals surface area (Å²) in [6.07, 6.45) is 4.76. The summed E-state index contributed by atoms with van der Waals surface area (Å²) in [5.41, 5.74) is 6.60. The number of aryl methyl sites for hydroxylation is 1. The Morgan fingerprint density at radius 3 is 3.07 bits per heavy atom. The first-order chi connectivity index (χ1) is 7.24. The predicted molar refractivity (Wildman–Crippen MR) is 59.7 cm³/mol. The van der Waals surface area contributed by atoms with Crippen molar-refractivity contribution in [2.75, 3.05) is 17.6 Å². The Balaban J connectivity index is 1.80. The lowest BCUT2D eigenvalue weighted by atomic mass is 10.2. The van der Waals surface area contributed by atoms with Crippen molar-refractivity contribution in [3.8, 4) is 0 Å². The number of nitrogens with zero attached hydrogens (tertiary/aromatic N) is 4. The first-order valence-electron chi connectivity index (χ1n) is 4.54. The maximum atomic E-state index is 5.40. The van der Waals surface area contributed by atoms with Gasteiger partial charge in [0.15, 0.2) is 0 Å². The average Bonchev–Trinajstić information content (AvgIpc) is 2.76. The number of aromatic nitrogens is 4. The van der Waals surface area contributed by atoms with Gasteiger partial charge in [-0.2, -0.15) is 14.5 Å². The van der Waals surface area contributed by atoms with E-state index >= 15 is 0 Å². The standard InChI is InChI=1S/C8H12N6S/c1-14-5-6(4-11-14)2-3-10-8-12-7(9)13-15-8/h4-5H,2-3H2,1H3,(H3,9,10,12,13). The third-order valence-corrected chi connectivity index (χ3v) is 2.58. The van der Waals surface area contributed by atoms with Crippen LogP contribution in [0.2, 0.25) is 0 Å². The molecule has 6 nitrogen and oxygen atoms in total. The Morgan fingerprint density at radius 1 is 1.60 bits per heavy atom. The second-order valence-corrected chi connectivity index (χ2v) is 3.91. The summed E-state index contributed by atoms with van der Waals surface area (Å²) in [7, 11) is 1.91. The second kappa shape index (κ2) is 4.26. The van der Waals surface area contributed by atoms with Crippen LogP contribution in [0.5, 0.6) is 0 Å². The molecule has 7 heteroatoms. The summed E-state index contributed by atoms with van der Waals surface area (Å²) >= 11 is 1.27. The molecule has 0 atom stereocenters. The Kier molecular flexibility index (Phi) is 2.82. The van der Waals surface area contributed by atoms with Crippen LogP contribution in [0.25, 0.3) is 0 Å². The summed E-state index contributed by atoms with van der Waals surface area (Å²) in [5.74, 6) is 0.323. The van der Waals surface area contributed by atoms with Crippen LogP contribution >= 0.6 is 11.5 Å². The molecule has 0 fully saturated rings. The lowest BCUT2D eigenvalue weighted by Crippen LogP contribution is -2.04. The molecule has 0 amide bonds. The Labute approximate surface area is 91.3 Å². The van der Waals surface area contributed by atoms with Gasteiger partial charge >= 0.3 is 0 Å². The summed E-state index contributed by atoms with van der Waals surface area (Å²) in [6.45, 7) is 0.806. The van der Waals surface area contributed by atoms with Gasteiger partial charge in [-0.3, -0.25) is 4.68 Å². The third-order valence-electron chi connectivity index (χ3n) is 1.89. The van der Waals surface area contributed by atoms with E-state index in [0.29, 0.717) is 5.95 Å². The van der Waals surface area contributed by atoms with Crippen molar-refractivity contribution in [1.29, 1.82) is 0 Å². The molecule has 2 rings (SSSR count). The average molecular weight is 224 g/mol. The molecule has 0 saturated carbocycles. The molecule has 2 aromatic heterocycles. The fourth-order valence-electron chi connectivity index (χ4n) is 1.22. The van der Waals surface area contributed by atoms with Crippen LogP contribution in [0, 0.1) is 0 Å². The van der Waals surface area contributed by atoms with Crippen molar-refractivity contribution in [3.63, 3.8) is 0 Å². The molecule has 2 aromatic rings. The predicted octanol–water partition coefficient (Wildman–Crippen LogP) is 0.508. The monoisotopic (exact) mass is 224 g/mol. The molecule has 0 bridgehead atoms. The zero-order valence-corrected chi connectivity index (χ0v) is 9.16. The van der Waals surface area contributed by atoms with E-state index in [1.807, 2.05) is 19.4 Å². The number of nitrogens with one attached hydrogen (secondary N) is 1. The maximum Gasteiger partial charge on any atom is 0.233 e. The molecule has 0 aliphatic heterocycles. The van der Waals surface area contributed by atoms with Gasteiger partial charge in [0.25, 0.3) is 0 Å². The van der Waals surface area contributed by atoms with E-state index in [4.69, 9.17) is 5.73 Å². The smallest absolute Gasteiger partial charge is 0.233 e. The number of nitrogen functional groups attached to an aromatic ring is 1. The highest BCUT2D eigenvalue weighted by Crippen LogP contribution is 2.11. The van der Waals surface area contributed by atoms with Gasteiger partial charge in [-0.25, -0.2) is 0 Å². The van der Waals surface area contributed by atoms with Crippen LogP contribution in [0.1, 0.15) is 5.56 Å². The summed E-state index contributed by atoms with van der Waals surface area (Å²) in [6, 6.07) is 0. The van der Waals surface area contributed by atoms with Crippen molar-refractivity contribution in [1.82, 2.24) is 19.1 Å². The molecular weight excluding hydrogens is 212 g/mol. The lowest BCUT2D eigenvalue weighted by molar-refractivity contribution is 0.767. The highest BCUT2D eigenvalue weighted by Gasteiger charge is 2.00. The summed E-state index contributed by atoms with van der Waals surface area (Å²) < 4.78 is 5.67. The van der Waals surface area contributed by atoms with E-state index in [9.17, 15) is 0 Å². The van der Waals surface area contributed by atoms with Crippen molar-refractivity contribution >= 4 is 22.6 Å². The number of hydrogen-bond acceptors (Lipinski definition) is 6. The third kappa shape index (κ3) is 2.66. The molecule has 0 radical (unpaired) electrons. The van der Waals surface area contributed by atoms with E-state index in [0.717, 1.165) is 18.1 Å². The van der Waals surface area contributed by atoms with Crippen molar-refractivity contribution in [2.24, 2.45) is 7.05 Å². The Hall–Kier alpha value is -1.63. The molecule has 3 N–H and O–H groups in total. The second-order valence-electron chi connectivity index (χ2n) is 3.16. The quantitative estimate of drug-likeness (QED) is 0.790. The van der Waals surface area contributed by atoms with Crippen LogP contribution in [-0.2, 0) is 13.5 Å². The van der Waals surface area contributed by atoms with Crippen LogP contribution in [-0.4, -0.2) is 25.7 Å². The molecule has 0 spiro atoms. The first-order valence-corrected chi connectivity index (χ1v) is 5.32. The molecule has 15 heavy (non-hydrogen) atoms. The molecule has 80 valence electrons. The summed E-state index contributed by atoms with van der Waals surface area (Å²) in [4.78, 5) is 4.00. The van der Waals surface area contributed by atoms with Crippen LogP contribution in [0.15, 0.2) is 12.4 Å². The zero-order valence-electron chi connectivity index (χ0n) is 8.34. The lowest BCUT2D eigenvalue weighted by Gasteiger charge is -1.98. The van der Waals surface area contributed by atoms with E-state index in [1.54, 1.807) is 4.68 Å². The molecule has 0 unspecified atom stereocenters. The number of hydrogen-bond donors (Lipinski definition) is 2. The SMILES string of the molecule is Cn1cc(CCNc2nc(N)ns2)cn1. The van der Waals surface area contributed by atoms with Crippen molar-refractivity contribution < 1.29 is 0 Å². The normalized spacial score (nSPS) is 10.5. The van der Waals surface area contributed by atoms with Gasteiger partial charge in [0.05, 0.1) is 6.20 Å². The van der Waals surface area contributed by atoms with Crippen LogP contribution in [0.4, 0.5) is 11.1 Å². The van der Waals surface area contributed by atoms with E-state index in [2.05, 4.69) is 19.8 Å². The molecular formula is C8H12N6S. The first kappa shape index (κ1) is 9.91. The molecule has 2 heterocycles. The van der Waals surface area contributed by atoms with Gasteiger partial charge in [-0.15, -0.1) is 0 Å². The topological polar surface area (TPSA) is 81.7 Å². The van der Waals surface area contributed by atoms with Gasteiger partial charge in [0.2, 0.25) is 11.1 Å². The van der Waals surface area contributed by atoms with Crippen molar-refractivity contribution in [3.05, 3.63) is 18.0 Å². The number of anilines is 2. The van der Waals surface area contributed by atoms with Gasteiger partial charge < -0.3 is 11.1 Å². The van der Waals surface area contributed by atoms with Gasteiger partial charge in [0.1, 0.15) is 0 Å². The molecule has 0 saturated heterocycles. The van der Waals surface area contributed by atoms with Gasteiger partial charge in [-0.1, -0.05) is 0 Å². The minimum Gasteiger partial charge on any atom is -0.367 e. The largest absolute Gasteiger partial charge is 0.367 e. The van der Waals surface area contributed by atoms with E-state index < -0.39 is 0 Å². The minimum absolute atomic E-state index is 0.323. The highest BCUT2D eigenvalue weighted by molar-refractivity contribution is 7.09. The zero-order chi connectivity index (χ0) is 10.7. The number of nitrogens with two attached hydrogens (primary N) is 1. The molecule has 0 aliphatic carbocycles. The van der Waals surface area contributed by atoms with Gasteiger partial charge in [0, 0.05) is 31.3 Å².